The number of benzene rings is 2. The van der Waals surface area contributed by atoms with Crippen LogP contribution < -0.4 is 16.5 Å². The summed E-state index contributed by atoms with van der Waals surface area (Å²) < 4.78 is 0. The van der Waals surface area contributed by atoms with Crippen molar-refractivity contribution in [2.75, 3.05) is 11.1 Å². The van der Waals surface area contributed by atoms with Gasteiger partial charge in [-0.3, -0.25) is 9.59 Å². The van der Waals surface area contributed by atoms with Crippen LogP contribution in [-0.4, -0.2) is 17.5 Å². The van der Waals surface area contributed by atoms with E-state index in [1.165, 1.54) is 0 Å². The van der Waals surface area contributed by atoms with Crippen LogP contribution >= 0.6 is 0 Å². The highest BCUT2D eigenvalue weighted by Gasteiger charge is 2.29. The van der Waals surface area contributed by atoms with Crippen LogP contribution in [0.2, 0.25) is 0 Å². The molecule has 1 saturated carbocycles. The van der Waals surface area contributed by atoms with E-state index in [4.69, 9.17) is 5.73 Å². The van der Waals surface area contributed by atoms with E-state index in [0.717, 1.165) is 18.4 Å². The van der Waals surface area contributed by atoms with Gasteiger partial charge in [0.2, 0.25) is 5.91 Å². The third-order valence-corrected chi connectivity index (χ3v) is 4.02. The first-order valence-corrected chi connectivity index (χ1v) is 8.14. The van der Waals surface area contributed by atoms with E-state index >= 15 is 0 Å². The third-order valence-electron chi connectivity index (χ3n) is 4.02. The van der Waals surface area contributed by atoms with Crippen molar-refractivity contribution in [2.24, 2.45) is 11.0 Å². The first kappa shape index (κ1) is 16.7. The molecule has 1 aliphatic carbocycles. The topological polar surface area (TPSA) is 96.6 Å². The van der Waals surface area contributed by atoms with E-state index in [0.29, 0.717) is 22.6 Å². The number of rotatable bonds is 5. The quantitative estimate of drug-likeness (QED) is 0.445. The highest BCUT2D eigenvalue weighted by atomic mass is 16.2. The molecule has 2 aromatic carbocycles. The second-order valence-corrected chi connectivity index (χ2v) is 6.10. The smallest absolute Gasteiger partial charge is 0.271 e. The van der Waals surface area contributed by atoms with Crippen molar-refractivity contribution in [2.45, 2.75) is 19.8 Å². The van der Waals surface area contributed by atoms with Gasteiger partial charge in [0.05, 0.1) is 5.71 Å². The van der Waals surface area contributed by atoms with Gasteiger partial charge in [-0.2, -0.15) is 5.10 Å². The summed E-state index contributed by atoms with van der Waals surface area (Å²) in [5.74, 6) is -0.121. The van der Waals surface area contributed by atoms with E-state index in [1.54, 1.807) is 36.4 Å². The first-order chi connectivity index (χ1) is 12.0. The van der Waals surface area contributed by atoms with Gasteiger partial charge in [-0.15, -0.1) is 0 Å². The van der Waals surface area contributed by atoms with Gasteiger partial charge in [0, 0.05) is 22.9 Å². The number of hydrogen-bond acceptors (Lipinski definition) is 4. The van der Waals surface area contributed by atoms with Crippen molar-refractivity contribution < 1.29 is 9.59 Å². The van der Waals surface area contributed by atoms with Crippen LogP contribution in [0, 0.1) is 5.92 Å². The number of carbonyl (C=O) groups excluding carboxylic acids is 2. The maximum atomic E-state index is 12.2. The lowest BCUT2D eigenvalue weighted by Crippen LogP contribution is -2.19. The molecule has 0 unspecified atom stereocenters. The van der Waals surface area contributed by atoms with Gasteiger partial charge in [-0.05, 0) is 61.7 Å². The molecule has 4 N–H and O–H groups in total. The van der Waals surface area contributed by atoms with Crippen molar-refractivity contribution in [3.8, 4) is 0 Å². The van der Waals surface area contributed by atoms with Gasteiger partial charge < -0.3 is 11.1 Å². The van der Waals surface area contributed by atoms with Crippen LogP contribution in [0.4, 0.5) is 11.4 Å². The van der Waals surface area contributed by atoms with Crippen LogP contribution in [0.25, 0.3) is 0 Å². The SMILES string of the molecule is C/C(=N\NC(=O)c1ccc(NC(=O)C2CC2)cc1)c1ccc(N)cc1. The molecular weight excluding hydrogens is 316 g/mol. The molecule has 0 bridgehead atoms. The normalized spacial score (nSPS) is 14.0. The van der Waals surface area contributed by atoms with Crippen molar-refractivity contribution in [3.63, 3.8) is 0 Å². The van der Waals surface area contributed by atoms with Gasteiger partial charge in [0.15, 0.2) is 0 Å². The highest BCUT2D eigenvalue weighted by molar-refractivity contribution is 6.01. The minimum atomic E-state index is -0.310. The molecule has 3 rings (SSSR count). The lowest BCUT2D eigenvalue weighted by Gasteiger charge is -2.06. The number of nitrogens with one attached hydrogen (secondary N) is 2. The minimum Gasteiger partial charge on any atom is -0.399 e. The number of nitrogens with two attached hydrogens (primary N) is 1. The number of hydrazone groups is 1. The second kappa shape index (κ2) is 7.17. The molecule has 128 valence electrons. The zero-order valence-electron chi connectivity index (χ0n) is 14.0. The zero-order valence-corrected chi connectivity index (χ0v) is 14.0. The van der Waals surface area contributed by atoms with Crippen LogP contribution in [-0.2, 0) is 4.79 Å². The molecule has 2 aromatic rings. The number of hydrogen-bond donors (Lipinski definition) is 3. The van der Waals surface area contributed by atoms with Crippen molar-refractivity contribution in [3.05, 3.63) is 59.7 Å². The Morgan fingerprint density at radius 2 is 1.60 bits per heavy atom. The number of amides is 2. The summed E-state index contributed by atoms with van der Waals surface area (Å²) in [6.45, 7) is 1.81. The third kappa shape index (κ3) is 4.44. The van der Waals surface area contributed by atoms with E-state index in [2.05, 4.69) is 15.8 Å². The monoisotopic (exact) mass is 336 g/mol. The molecule has 1 aliphatic rings. The molecule has 2 amide bonds. The van der Waals surface area contributed by atoms with E-state index in [9.17, 15) is 9.59 Å². The highest BCUT2D eigenvalue weighted by Crippen LogP contribution is 2.30. The Hall–Kier alpha value is -3.15. The first-order valence-electron chi connectivity index (χ1n) is 8.14. The lowest BCUT2D eigenvalue weighted by atomic mass is 10.1. The summed E-state index contributed by atoms with van der Waals surface area (Å²) in [7, 11) is 0. The zero-order chi connectivity index (χ0) is 17.8. The minimum absolute atomic E-state index is 0.0425. The van der Waals surface area contributed by atoms with Crippen LogP contribution in [0.5, 0.6) is 0 Å². The molecule has 1 fully saturated rings. The van der Waals surface area contributed by atoms with Gasteiger partial charge >= 0.3 is 0 Å². The molecule has 0 radical (unpaired) electrons. The predicted octanol–water partition coefficient (Wildman–Crippen LogP) is 2.77. The fraction of sp³-hybridized carbons (Fsp3) is 0.211. The molecule has 0 saturated heterocycles. The molecule has 6 heteroatoms. The lowest BCUT2D eigenvalue weighted by molar-refractivity contribution is -0.117. The summed E-state index contributed by atoms with van der Waals surface area (Å²) in [6.07, 6.45) is 1.91. The van der Waals surface area contributed by atoms with Crippen molar-refractivity contribution in [1.82, 2.24) is 5.43 Å². The van der Waals surface area contributed by atoms with E-state index in [1.807, 2.05) is 19.1 Å². The average Bonchev–Trinajstić information content (AvgIpc) is 3.46. The summed E-state index contributed by atoms with van der Waals surface area (Å²) in [4.78, 5) is 23.9. The standard InChI is InChI=1S/C19H20N4O2/c1-12(13-4-8-16(20)9-5-13)22-23-19(25)15-6-10-17(11-7-15)21-18(24)14-2-3-14/h4-11,14H,2-3,20H2,1H3,(H,21,24)(H,23,25)/b22-12+. The van der Waals surface area contributed by atoms with Gasteiger partial charge in [0.25, 0.3) is 5.91 Å². The van der Waals surface area contributed by atoms with Gasteiger partial charge in [-0.25, -0.2) is 5.43 Å². The Morgan fingerprint density at radius 3 is 2.20 bits per heavy atom. The molecular formula is C19H20N4O2. The average molecular weight is 336 g/mol. The maximum Gasteiger partial charge on any atom is 0.271 e. The second-order valence-electron chi connectivity index (χ2n) is 6.10. The van der Waals surface area contributed by atoms with Crippen LogP contribution in [0.3, 0.4) is 0 Å². The fourth-order valence-corrected chi connectivity index (χ4v) is 2.28. The molecule has 0 heterocycles. The largest absolute Gasteiger partial charge is 0.399 e. The van der Waals surface area contributed by atoms with E-state index < -0.39 is 0 Å². The Morgan fingerprint density at radius 1 is 1.00 bits per heavy atom. The Kier molecular flexibility index (Phi) is 4.79. The molecule has 25 heavy (non-hydrogen) atoms. The summed E-state index contributed by atoms with van der Waals surface area (Å²) in [5.41, 5.74) is 11.6. The number of anilines is 2. The number of nitrogens with zero attached hydrogens (tertiary/aromatic N) is 1. The maximum absolute atomic E-state index is 12.2. The molecule has 0 atom stereocenters. The molecule has 0 spiro atoms. The molecule has 6 nitrogen and oxygen atoms in total. The molecule has 0 aliphatic heterocycles. The van der Waals surface area contributed by atoms with Crippen molar-refractivity contribution in [1.29, 1.82) is 0 Å². The Labute approximate surface area is 146 Å². The van der Waals surface area contributed by atoms with Crippen LogP contribution in [0.15, 0.2) is 53.6 Å². The van der Waals surface area contributed by atoms with E-state index in [-0.39, 0.29) is 17.7 Å². The van der Waals surface area contributed by atoms with Crippen LogP contribution in [0.1, 0.15) is 35.7 Å². The van der Waals surface area contributed by atoms with Gasteiger partial charge in [0.1, 0.15) is 0 Å². The van der Waals surface area contributed by atoms with Gasteiger partial charge in [-0.1, -0.05) is 12.1 Å². The Balaban J connectivity index is 1.59. The van der Waals surface area contributed by atoms with Crippen molar-refractivity contribution >= 4 is 28.9 Å². The predicted molar refractivity (Wildman–Crippen MR) is 98.3 cm³/mol. The molecule has 0 aromatic heterocycles. The summed E-state index contributed by atoms with van der Waals surface area (Å²) >= 11 is 0. The number of nitrogen functional groups attached to an aromatic ring is 1. The fourth-order valence-electron chi connectivity index (χ4n) is 2.28. The Bertz CT molecular complexity index is 806. The number of carbonyl (C=O) groups is 2. The summed E-state index contributed by atoms with van der Waals surface area (Å²) in [5, 5.41) is 6.95. The summed E-state index contributed by atoms with van der Waals surface area (Å²) in [6, 6.07) is 14.0.